The summed E-state index contributed by atoms with van der Waals surface area (Å²) in [6.07, 6.45) is 3.00. The SMILES string of the molecule is CCn1cc(Br)cc1C(=O)N1CCCN(Cc2ccccc2C)CC1. The van der Waals surface area contributed by atoms with E-state index in [2.05, 4.69) is 58.9 Å². The van der Waals surface area contributed by atoms with Crippen molar-refractivity contribution >= 4 is 21.8 Å². The van der Waals surface area contributed by atoms with Crippen molar-refractivity contribution in [1.29, 1.82) is 0 Å². The Kier molecular flexibility index (Phi) is 5.97. The maximum Gasteiger partial charge on any atom is 0.270 e. The van der Waals surface area contributed by atoms with Crippen LogP contribution in [0, 0.1) is 6.92 Å². The molecule has 2 aromatic rings. The minimum absolute atomic E-state index is 0.144. The summed E-state index contributed by atoms with van der Waals surface area (Å²) in [5, 5.41) is 0. The van der Waals surface area contributed by atoms with Gasteiger partial charge in [-0.2, -0.15) is 0 Å². The molecule has 4 nitrogen and oxygen atoms in total. The second-order valence-corrected chi connectivity index (χ2v) is 7.59. The second-order valence-electron chi connectivity index (χ2n) is 6.68. The molecule has 1 aromatic carbocycles. The van der Waals surface area contributed by atoms with Gasteiger partial charge in [0.15, 0.2) is 0 Å². The molecule has 0 radical (unpaired) electrons. The van der Waals surface area contributed by atoms with Crippen LogP contribution in [0.4, 0.5) is 0 Å². The maximum absolute atomic E-state index is 12.9. The van der Waals surface area contributed by atoms with E-state index in [9.17, 15) is 4.79 Å². The number of aromatic nitrogens is 1. The minimum atomic E-state index is 0.144. The average molecular weight is 404 g/mol. The number of halogens is 1. The molecular weight excluding hydrogens is 378 g/mol. The lowest BCUT2D eigenvalue weighted by molar-refractivity contribution is 0.0750. The van der Waals surface area contributed by atoms with Gasteiger partial charge < -0.3 is 9.47 Å². The number of aryl methyl sites for hydroxylation is 2. The lowest BCUT2D eigenvalue weighted by atomic mass is 10.1. The van der Waals surface area contributed by atoms with Crippen molar-refractivity contribution in [1.82, 2.24) is 14.4 Å². The zero-order valence-corrected chi connectivity index (χ0v) is 16.6. The van der Waals surface area contributed by atoms with Crippen molar-refractivity contribution in [2.75, 3.05) is 26.2 Å². The summed E-state index contributed by atoms with van der Waals surface area (Å²) >= 11 is 3.49. The number of hydrogen-bond acceptors (Lipinski definition) is 2. The van der Waals surface area contributed by atoms with Gasteiger partial charge >= 0.3 is 0 Å². The van der Waals surface area contributed by atoms with Crippen LogP contribution in [0.15, 0.2) is 41.0 Å². The number of nitrogens with zero attached hydrogens (tertiary/aromatic N) is 3. The van der Waals surface area contributed by atoms with E-state index in [1.165, 1.54) is 11.1 Å². The molecule has 0 spiro atoms. The van der Waals surface area contributed by atoms with Crippen molar-refractivity contribution in [2.24, 2.45) is 0 Å². The van der Waals surface area contributed by atoms with Crippen molar-refractivity contribution in [3.8, 4) is 0 Å². The molecule has 3 rings (SSSR count). The van der Waals surface area contributed by atoms with Crippen LogP contribution in [0.3, 0.4) is 0 Å². The molecule has 1 aliphatic heterocycles. The fraction of sp³-hybridized carbons (Fsp3) is 0.450. The standard InChI is InChI=1S/C20H26BrN3O/c1-3-23-15-18(21)13-19(23)20(25)24-10-6-9-22(11-12-24)14-17-8-5-4-7-16(17)2/h4-5,7-8,13,15H,3,6,9-12,14H2,1-2H3. The van der Waals surface area contributed by atoms with Crippen LogP contribution in [0.1, 0.15) is 35.0 Å². The fourth-order valence-electron chi connectivity index (χ4n) is 3.44. The molecule has 0 saturated carbocycles. The molecule has 1 saturated heterocycles. The van der Waals surface area contributed by atoms with E-state index in [4.69, 9.17) is 0 Å². The van der Waals surface area contributed by atoms with Gasteiger partial charge in [0.1, 0.15) is 5.69 Å². The van der Waals surface area contributed by atoms with Gasteiger partial charge in [-0.05, 0) is 53.4 Å². The molecular formula is C20H26BrN3O. The highest BCUT2D eigenvalue weighted by molar-refractivity contribution is 9.10. The first-order chi connectivity index (χ1) is 12.1. The molecule has 5 heteroatoms. The quantitative estimate of drug-likeness (QED) is 0.773. The normalized spacial score (nSPS) is 16.0. The lowest BCUT2D eigenvalue weighted by Crippen LogP contribution is -2.36. The van der Waals surface area contributed by atoms with E-state index in [1.54, 1.807) is 0 Å². The summed E-state index contributed by atoms with van der Waals surface area (Å²) in [6, 6.07) is 10.5. The molecule has 25 heavy (non-hydrogen) atoms. The predicted octanol–water partition coefficient (Wildman–Crippen LogP) is 3.93. The molecule has 1 fully saturated rings. The van der Waals surface area contributed by atoms with Crippen molar-refractivity contribution in [3.05, 3.63) is 57.8 Å². The molecule has 2 heterocycles. The third-order valence-corrected chi connectivity index (χ3v) is 5.39. The first-order valence-corrected chi connectivity index (χ1v) is 9.79. The number of amides is 1. The van der Waals surface area contributed by atoms with Crippen molar-refractivity contribution in [2.45, 2.75) is 33.4 Å². The predicted molar refractivity (Wildman–Crippen MR) is 105 cm³/mol. The number of benzene rings is 1. The molecule has 1 aliphatic rings. The van der Waals surface area contributed by atoms with Crippen LogP contribution in [0.5, 0.6) is 0 Å². The third kappa shape index (κ3) is 4.33. The average Bonchev–Trinajstić information content (AvgIpc) is 2.83. The number of hydrogen-bond donors (Lipinski definition) is 0. The minimum Gasteiger partial charge on any atom is -0.343 e. The zero-order valence-electron chi connectivity index (χ0n) is 15.0. The Morgan fingerprint density at radius 3 is 2.72 bits per heavy atom. The Morgan fingerprint density at radius 2 is 1.96 bits per heavy atom. The second kappa shape index (κ2) is 8.19. The van der Waals surface area contributed by atoms with Crippen LogP contribution >= 0.6 is 15.9 Å². The van der Waals surface area contributed by atoms with Gasteiger partial charge in [0.2, 0.25) is 0 Å². The van der Waals surface area contributed by atoms with Crippen LogP contribution in [-0.4, -0.2) is 46.5 Å². The zero-order chi connectivity index (χ0) is 17.8. The smallest absolute Gasteiger partial charge is 0.270 e. The van der Waals surface area contributed by atoms with E-state index < -0.39 is 0 Å². The number of carbonyl (C=O) groups is 1. The van der Waals surface area contributed by atoms with Gasteiger partial charge in [-0.1, -0.05) is 24.3 Å². The first-order valence-electron chi connectivity index (χ1n) is 9.00. The number of rotatable bonds is 4. The van der Waals surface area contributed by atoms with E-state index in [-0.39, 0.29) is 5.91 Å². The first kappa shape index (κ1) is 18.2. The van der Waals surface area contributed by atoms with Gasteiger partial charge in [-0.3, -0.25) is 9.69 Å². The Balaban J connectivity index is 1.65. The Labute approximate surface area is 158 Å². The number of carbonyl (C=O) groups excluding carboxylic acids is 1. The summed E-state index contributed by atoms with van der Waals surface area (Å²) in [6.45, 7) is 9.58. The molecule has 1 amide bonds. The van der Waals surface area contributed by atoms with Gasteiger partial charge in [-0.25, -0.2) is 0 Å². The fourth-order valence-corrected chi connectivity index (χ4v) is 3.90. The molecule has 0 N–H and O–H groups in total. The molecule has 0 atom stereocenters. The summed E-state index contributed by atoms with van der Waals surface area (Å²) in [4.78, 5) is 17.4. The maximum atomic E-state index is 12.9. The van der Waals surface area contributed by atoms with Crippen LogP contribution in [-0.2, 0) is 13.1 Å². The van der Waals surface area contributed by atoms with Gasteiger partial charge in [0.25, 0.3) is 5.91 Å². The van der Waals surface area contributed by atoms with E-state index in [0.717, 1.165) is 55.9 Å². The Hall–Kier alpha value is -1.59. The summed E-state index contributed by atoms with van der Waals surface area (Å²) in [5.74, 6) is 0.144. The van der Waals surface area contributed by atoms with Crippen molar-refractivity contribution in [3.63, 3.8) is 0 Å². The largest absolute Gasteiger partial charge is 0.343 e. The molecule has 0 aliphatic carbocycles. The third-order valence-electron chi connectivity index (χ3n) is 4.95. The topological polar surface area (TPSA) is 28.5 Å². The Bertz CT molecular complexity index is 740. The molecule has 1 aromatic heterocycles. The molecule has 134 valence electrons. The van der Waals surface area contributed by atoms with Crippen LogP contribution in [0.25, 0.3) is 0 Å². The van der Waals surface area contributed by atoms with E-state index >= 15 is 0 Å². The molecule has 0 unspecified atom stereocenters. The van der Waals surface area contributed by atoms with Crippen LogP contribution in [0.2, 0.25) is 0 Å². The van der Waals surface area contributed by atoms with Gasteiger partial charge in [0.05, 0.1) is 0 Å². The van der Waals surface area contributed by atoms with Gasteiger partial charge in [-0.15, -0.1) is 0 Å². The highest BCUT2D eigenvalue weighted by atomic mass is 79.9. The van der Waals surface area contributed by atoms with E-state index in [1.807, 2.05) is 21.7 Å². The monoisotopic (exact) mass is 403 g/mol. The lowest BCUT2D eigenvalue weighted by Gasteiger charge is -2.23. The summed E-state index contributed by atoms with van der Waals surface area (Å²) in [5.41, 5.74) is 3.50. The van der Waals surface area contributed by atoms with E-state index in [0.29, 0.717) is 0 Å². The summed E-state index contributed by atoms with van der Waals surface area (Å²) in [7, 11) is 0. The van der Waals surface area contributed by atoms with Crippen molar-refractivity contribution < 1.29 is 4.79 Å². The van der Waals surface area contributed by atoms with Gasteiger partial charge in [0, 0.05) is 49.9 Å². The van der Waals surface area contributed by atoms with Crippen LogP contribution < -0.4 is 0 Å². The Morgan fingerprint density at radius 1 is 1.16 bits per heavy atom. The highest BCUT2D eigenvalue weighted by Gasteiger charge is 2.23. The summed E-state index contributed by atoms with van der Waals surface area (Å²) < 4.78 is 2.98. The molecule has 0 bridgehead atoms. The highest BCUT2D eigenvalue weighted by Crippen LogP contribution is 2.18.